The van der Waals surface area contributed by atoms with Crippen LogP contribution in [-0.2, 0) is 0 Å². The van der Waals surface area contributed by atoms with E-state index in [4.69, 9.17) is 5.26 Å². The molecule has 0 radical (unpaired) electrons. The van der Waals surface area contributed by atoms with E-state index >= 15 is 0 Å². The van der Waals surface area contributed by atoms with E-state index < -0.39 is 0 Å². The van der Waals surface area contributed by atoms with Crippen LogP contribution >= 0.6 is 0 Å². The molecule has 0 aliphatic heterocycles. The Morgan fingerprint density at radius 3 is 3.09 bits per heavy atom. The zero-order valence-electron chi connectivity index (χ0n) is 6.93. The Hall–Kier alpha value is -1.03. The number of hydrogen-bond acceptors (Lipinski definition) is 1. The van der Waals surface area contributed by atoms with E-state index in [1.54, 1.807) is 0 Å². The molecule has 1 nitrogen and oxygen atoms in total. The van der Waals surface area contributed by atoms with Gasteiger partial charge in [-0.05, 0) is 32.1 Å². The van der Waals surface area contributed by atoms with Crippen LogP contribution in [0.5, 0.6) is 0 Å². The van der Waals surface area contributed by atoms with Gasteiger partial charge >= 0.3 is 0 Å². The van der Waals surface area contributed by atoms with Crippen LogP contribution in [0.4, 0.5) is 0 Å². The highest BCUT2D eigenvalue weighted by molar-refractivity contribution is 5.23. The Kier molecular flexibility index (Phi) is 2.48. The first-order valence-electron chi connectivity index (χ1n) is 3.98. The van der Waals surface area contributed by atoms with Crippen LogP contribution in [0.3, 0.4) is 0 Å². The Balaban J connectivity index is 2.59. The van der Waals surface area contributed by atoms with E-state index in [0.717, 1.165) is 24.8 Å². The minimum Gasteiger partial charge on any atom is -0.193 e. The van der Waals surface area contributed by atoms with E-state index in [2.05, 4.69) is 25.6 Å². The number of allylic oxidation sites excluding steroid dienone is 3. The molecule has 0 saturated carbocycles. The van der Waals surface area contributed by atoms with Crippen LogP contribution in [0.1, 0.15) is 26.2 Å². The molecule has 1 atom stereocenters. The Labute approximate surface area is 68.0 Å². The summed E-state index contributed by atoms with van der Waals surface area (Å²) in [6.45, 7) is 5.86. The summed E-state index contributed by atoms with van der Waals surface area (Å²) in [5.41, 5.74) is 2.15. The van der Waals surface area contributed by atoms with Gasteiger partial charge in [0.25, 0.3) is 0 Å². The third kappa shape index (κ3) is 1.94. The lowest BCUT2D eigenvalue weighted by atomic mass is 9.85. The molecule has 1 aliphatic rings. The van der Waals surface area contributed by atoms with Crippen molar-refractivity contribution in [3.63, 3.8) is 0 Å². The molecule has 1 aliphatic carbocycles. The third-order valence-corrected chi connectivity index (χ3v) is 2.21. The molecule has 0 saturated heterocycles. The van der Waals surface area contributed by atoms with E-state index in [9.17, 15) is 0 Å². The smallest absolute Gasteiger partial charge is 0.0943 e. The maximum Gasteiger partial charge on any atom is 0.0943 e. The second-order valence-electron chi connectivity index (χ2n) is 3.17. The van der Waals surface area contributed by atoms with Crippen LogP contribution in [0.2, 0.25) is 0 Å². The van der Waals surface area contributed by atoms with Crippen molar-refractivity contribution in [2.45, 2.75) is 26.2 Å². The molecule has 0 aromatic heterocycles. The van der Waals surface area contributed by atoms with Gasteiger partial charge in [0.05, 0.1) is 6.07 Å². The van der Waals surface area contributed by atoms with Gasteiger partial charge in [0.1, 0.15) is 0 Å². The highest BCUT2D eigenvalue weighted by Crippen LogP contribution is 2.28. The largest absolute Gasteiger partial charge is 0.193 e. The molecule has 11 heavy (non-hydrogen) atoms. The number of hydrogen-bond donors (Lipinski definition) is 0. The summed E-state index contributed by atoms with van der Waals surface area (Å²) >= 11 is 0. The van der Waals surface area contributed by atoms with Crippen LogP contribution in [0.15, 0.2) is 23.8 Å². The molecule has 0 bridgehead atoms. The summed E-state index contributed by atoms with van der Waals surface area (Å²) in [4.78, 5) is 0. The average molecular weight is 147 g/mol. The van der Waals surface area contributed by atoms with Gasteiger partial charge in [-0.3, -0.25) is 0 Å². The molecular formula is C10H13N. The minimum absolute atomic E-state index is 0.421. The Bertz CT molecular complexity index is 230. The quantitative estimate of drug-likeness (QED) is 0.413. The Morgan fingerprint density at radius 1 is 1.82 bits per heavy atom. The lowest BCUT2D eigenvalue weighted by molar-refractivity contribution is 0.548. The average Bonchev–Trinajstić information content (AvgIpc) is 2.03. The fourth-order valence-corrected chi connectivity index (χ4v) is 1.49. The third-order valence-electron chi connectivity index (χ3n) is 2.21. The zero-order chi connectivity index (χ0) is 8.27. The predicted octanol–water partition coefficient (Wildman–Crippen LogP) is 2.81. The van der Waals surface area contributed by atoms with E-state index in [-0.39, 0.29) is 0 Å². The standard InChI is InChI=1S/C10H13N/c1-8-4-3-5-10(6-8)9(2)7-11/h4,10H,2-3,5-6H2,1H3/t10-/m1/s1. The molecule has 1 heteroatoms. The molecule has 0 aromatic rings. The van der Waals surface area contributed by atoms with Crippen LogP contribution in [-0.4, -0.2) is 0 Å². The number of nitrogens with zero attached hydrogens (tertiary/aromatic N) is 1. The van der Waals surface area contributed by atoms with Gasteiger partial charge in [0.15, 0.2) is 0 Å². The van der Waals surface area contributed by atoms with Gasteiger partial charge in [0, 0.05) is 5.57 Å². The van der Waals surface area contributed by atoms with Crippen LogP contribution < -0.4 is 0 Å². The van der Waals surface area contributed by atoms with Gasteiger partial charge in [-0.2, -0.15) is 5.26 Å². The molecule has 0 heterocycles. The lowest BCUT2D eigenvalue weighted by Gasteiger charge is -2.19. The van der Waals surface area contributed by atoms with Gasteiger partial charge in [-0.1, -0.05) is 18.2 Å². The molecule has 0 aromatic carbocycles. The fourth-order valence-electron chi connectivity index (χ4n) is 1.49. The maximum atomic E-state index is 8.60. The summed E-state index contributed by atoms with van der Waals surface area (Å²) in [6, 6.07) is 2.13. The second-order valence-corrected chi connectivity index (χ2v) is 3.17. The van der Waals surface area contributed by atoms with Crippen molar-refractivity contribution in [1.29, 1.82) is 5.26 Å². The van der Waals surface area contributed by atoms with Crippen molar-refractivity contribution in [1.82, 2.24) is 0 Å². The van der Waals surface area contributed by atoms with Crippen molar-refractivity contribution in [2.24, 2.45) is 5.92 Å². The second kappa shape index (κ2) is 3.39. The summed E-state index contributed by atoms with van der Waals surface area (Å²) in [6.07, 6.45) is 5.49. The first-order valence-corrected chi connectivity index (χ1v) is 3.98. The molecule has 0 spiro atoms. The first-order chi connectivity index (χ1) is 5.24. The molecule has 0 unspecified atom stereocenters. The van der Waals surface area contributed by atoms with E-state index in [1.165, 1.54) is 5.57 Å². The maximum absolute atomic E-state index is 8.60. The predicted molar refractivity (Wildman–Crippen MR) is 45.9 cm³/mol. The number of rotatable bonds is 1. The summed E-state index contributed by atoms with van der Waals surface area (Å²) < 4.78 is 0. The van der Waals surface area contributed by atoms with Crippen molar-refractivity contribution >= 4 is 0 Å². The molecule has 0 fully saturated rings. The molecule has 1 rings (SSSR count). The van der Waals surface area contributed by atoms with Crippen molar-refractivity contribution < 1.29 is 0 Å². The van der Waals surface area contributed by atoms with Crippen LogP contribution in [0, 0.1) is 17.2 Å². The SMILES string of the molecule is C=C(C#N)[C@@H]1CCC=C(C)C1. The van der Waals surface area contributed by atoms with E-state index in [1.807, 2.05) is 0 Å². The van der Waals surface area contributed by atoms with Gasteiger partial charge < -0.3 is 0 Å². The highest BCUT2D eigenvalue weighted by Gasteiger charge is 2.15. The molecule has 0 amide bonds. The highest BCUT2D eigenvalue weighted by atomic mass is 14.3. The van der Waals surface area contributed by atoms with Crippen LogP contribution in [0.25, 0.3) is 0 Å². The van der Waals surface area contributed by atoms with Gasteiger partial charge in [-0.25, -0.2) is 0 Å². The summed E-state index contributed by atoms with van der Waals surface area (Å²) in [7, 11) is 0. The summed E-state index contributed by atoms with van der Waals surface area (Å²) in [5, 5.41) is 8.60. The molecule has 0 N–H and O–H groups in total. The topological polar surface area (TPSA) is 23.8 Å². The first kappa shape index (κ1) is 8.07. The monoisotopic (exact) mass is 147 g/mol. The minimum atomic E-state index is 0.421. The fraction of sp³-hybridized carbons (Fsp3) is 0.500. The van der Waals surface area contributed by atoms with Crippen molar-refractivity contribution in [3.05, 3.63) is 23.8 Å². The van der Waals surface area contributed by atoms with Crippen molar-refractivity contribution in [3.8, 4) is 6.07 Å². The Morgan fingerprint density at radius 2 is 2.55 bits per heavy atom. The number of nitriles is 1. The molecule has 58 valence electrons. The zero-order valence-corrected chi connectivity index (χ0v) is 6.93. The van der Waals surface area contributed by atoms with Crippen molar-refractivity contribution in [2.75, 3.05) is 0 Å². The van der Waals surface area contributed by atoms with E-state index in [0.29, 0.717) is 5.92 Å². The normalized spacial score (nSPS) is 23.6. The summed E-state index contributed by atoms with van der Waals surface area (Å²) in [5.74, 6) is 0.421. The molecular weight excluding hydrogens is 134 g/mol. The van der Waals surface area contributed by atoms with Gasteiger partial charge in [0.2, 0.25) is 0 Å². The lowest BCUT2D eigenvalue weighted by Crippen LogP contribution is -2.06. The van der Waals surface area contributed by atoms with Gasteiger partial charge in [-0.15, -0.1) is 0 Å².